The fourth-order valence-corrected chi connectivity index (χ4v) is 8.71. The molecule has 248 valence electrons. The summed E-state index contributed by atoms with van der Waals surface area (Å²) in [6, 6.07) is 4.16. The molecule has 1 spiro atoms. The lowest BCUT2D eigenvalue weighted by atomic mass is 9.85. The van der Waals surface area contributed by atoms with Crippen LogP contribution < -0.4 is 14.8 Å². The van der Waals surface area contributed by atoms with E-state index in [9.17, 15) is 14.4 Å². The molecule has 2 aliphatic heterocycles. The second-order valence-corrected chi connectivity index (χ2v) is 15.6. The van der Waals surface area contributed by atoms with E-state index >= 15 is 0 Å². The molecule has 2 bridgehead atoms. The number of fused-ring (bicyclic) bond motifs is 8. The van der Waals surface area contributed by atoms with Crippen LogP contribution in [0.25, 0.3) is 11.0 Å². The van der Waals surface area contributed by atoms with Gasteiger partial charge < -0.3 is 29.2 Å². The minimum absolute atomic E-state index is 0.104. The second-order valence-electron chi connectivity index (χ2n) is 15.6. The third kappa shape index (κ3) is 5.59. The molecular weight excluding hydrogens is 584 g/mol. The first kappa shape index (κ1) is 31.2. The van der Waals surface area contributed by atoms with E-state index in [0.29, 0.717) is 41.3 Å². The topological polar surface area (TPSA) is 120 Å². The summed E-state index contributed by atoms with van der Waals surface area (Å²) < 4.78 is 18.4. The summed E-state index contributed by atoms with van der Waals surface area (Å²) in [5.41, 5.74) is 1.65. The number of amides is 2. The summed E-state index contributed by atoms with van der Waals surface area (Å²) in [4.78, 5) is 52.2. The fraction of sp³-hybridized carbons (Fsp3) is 0.694. The van der Waals surface area contributed by atoms with Crippen molar-refractivity contribution in [1.82, 2.24) is 20.2 Å². The Bertz CT molecular complexity index is 1520. The molecule has 2 unspecified atom stereocenters. The van der Waals surface area contributed by atoms with Crippen molar-refractivity contribution < 1.29 is 28.6 Å². The van der Waals surface area contributed by atoms with Gasteiger partial charge in [0.15, 0.2) is 0 Å². The maximum atomic E-state index is 14.3. The van der Waals surface area contributed by atoms with Gasteiger partial charge in [-0.15, -0.1) is 0 Å². The van der Waals surface area contributed by atoms with E-state index in [1.54, 1.807) is 12.0 Å². The van der Waals surface area contributed by atoms with Gasteiger partial charge in [-0.2, -0.15) is 0 Å². The average molecular weight is 633 g/mol. The van der Waals surface area contributed by atoms with Gasteiger partial charge in [0.1, 0.15) is 36.0 Å². The number of aromatic nitrogens is 2. The molecule has 2 aromatic rings. The third-order valence-corrected chi connectivity index (χ3v) is 11.6. The fourth-order valence-electron chi connectivity index (χ4n) is 8.71. The molecule has 3 aliphatic carbocycles. The van der Waals surface area contributed by atoms with Crippen LogP contribution in [0.5, 0.6) is 11.6 Å². The van der Waals surface area contributed by atoms with Crippen molar-refractivity contribution in [3.8, 4) is 11.6 Å². The number of rotatable bonds is 3. The molecule has 3 saturated carbocycles. The zero-order valence-electron chi connectivity index (χ0n) is 27.8. The number of carbonyl (C=O) groups is 3. The van der Waals surface area contributed by atoms with E-state index in [-0.39, 0.29) is 29.9 Å². The Labute approximate surface area is 271 Å². The summed E-state index contributed by atoms with van der Waals surface area (Å²) >= 11 is 0. The summed E-state index contributed by atoms with van der Waals surface area (Å²) in [5.74, 6) is 2.26. The maximum Gasteiger partial charge on any atom is 0.408 e. The monoisotopic (exact) mass is 632 g/mol. The van der Waals surface area contributed by atoms with Crippen molar-refractivity contribution in [2.75, 3.05) is 13.7 Å². The molecule has 10 nitrogen and oxygen atoms in total. The highest BCUT2D eigenvalue weighted by molar-refractivity contribution is 5.89. The zero-order chi connectivity index (χ0) is 32.4. The second kappa shape index (κ2) is 11.7. The standard InChI is InChI=1S/C36H48N4O6/c1-6-22-27(19-41)40-18-29(22)45-32-30(37-25-11-10-21(44-5)17-26(25)38-32)36(13-14-36)12-8-7-9-23-24-15-20(24)16-28(23)46-34(43)39-31(33(40)42)35(2,3)4/h10-11,17,19-20,22-24,27-29,31H,6-9,12-16,18H2,1-5H3,(H,39,43)/t20?,22-,23+,24?,27+,28+,29-,31+/m0/s1. The van der Waals surface area contributed by atoms with Gasteiger partial charge in [0, 0.05) is 17.4 Å². The van der Waals surface area contributed by atoms with Gasteiger partial charge in [-0.1, -0.05) is 40.5 Å². The van der Waals surface area contributed by atoms with Gasteiger partial charge >= 0.3 is 6.09 Å². The van der Waals surface area contributed by atoms with Crippen molar-refractivity contribution in [3.63, 3.8) is 0 Å². The van der Waals surface area contributed by atoms with E-state index in [1.165, 1.54) is 6.42 Å². The summed E-state index contributed by atoms with van der Waals surface area (Å²) in [7, 11) is 1.63. The Hall–Kier alpha value is -3.43. The van der Waals surface area contributed by atoms with Crippen molar-refractivity contribution in [3.05, 3.63) is 23.9 Å². The smallest absolute Gasteiger partial charge is 0.408 e. The zero-order valence-corrected chi connectivity index (χ0v) is 27.8. The Morgan fingerprint density at radius 1 is 1.04 bits per heavy atom. The Morgan fingerprint density at radius 2 is 1.85 bits per heavy atom. The lowest BCUT2D eigenvalue weighted by Crippen LogP contribution is -2.56. The van der Waals surface area contributed by atoms with E-state index in [0.717, 1.165) is 62.4 Å². The molecule has 1 aromatic heterocycles. The highest BCUT2D eigenvalue weighted by Crippen LogP contribution is 2.58. The molecule has 1 saturated heterocycles. The third-order valence-electron chi connectivity index (χ3n) is 11.6. The molecule has 0 radical (unpaired) electrons. The SMILES string of the molecule is CC[C@@H]1[C@@H]2CN(C(=O)[C@H](C(C)(C)C)NC(=O)O[C@@H]3CC4CC4[C@H]3CCCCC3(CC3)c3nc4ccc(OC)cc4nc3O2)[C@@H]1C=O. The van der Waals surface area contributed by atoms with Crippen LogP contribution in [-0.2, 0) is 19.7 Å². The quantitative estimate of drug-likeness (QED) is 0.435. The van der Waals surface area contributed by atoms with Gasteiger partial charge in [-0.05, 0) is 80.2 Å². The van der Waals surface area contributed by atoms with Gasteiger partial charge in [0.05, 0.1) is 30.7 Å². The molecule has 3 heterocycles. The van der Waals surface area contributed by atoms with Crippen molar-refractivity contribution in [1.29, 1.82) is 0 Å². The number of alkyl carbamates (subject to hydrolysis) is 1. The Morgan fingerprint density at radius 3 is 2.54 bits per heavy atom. The number of nitrogens with zero attached hydrogens (tertiary/aromatic N) is 3. The van der Waals surface area contributed by atoms with E-state index in [2.05, 4.69) is 5.32 Å². The van der Waals surface area contributed by atoms with Gasteiger partial charge in [0.25, 0.3) is 0 Å². The van der Waals surface area contributed by atoms with E-state index in [1.807, 2.05) is 45.9 Å². The number of aldehydes is 1. The van der Waals surface area contributed by atoms with Gasteiger partial charge in [-0.25, -0.2) is 14.8 Å². The van der Waals surface area contributed by atoms with Crippen molar-refractivity contribution >= 4 is 29.3 Å². The average Bonchev–Trinajstić information content (AvgIpc) is 3.92. The first-order valence-corrected chi connectivity index (χ1v) is 17.3. The molecule has 8 atom stereocenters. The van der Waals surface area contributed by atoms with E-state index in [4.69, 9.17) is 24.2 Å². The Kier molecular flexibility index (Phi) is 7.91. The van der Waals surface area contributed by atoms with Crippen LogP contribution in [0.2, 0.25) is 0 Å². The van der Waals surface area contributed by atoms with Crippen LogP contribution in [0.4, 0.5) is 4.79 Å². The van der Waals surface area contributed by atoms with E-state index < -0.39 is 29.7 Å². The molecule has 4 fully saturated rings. The van der Waals surface area contributed by atoms with Crippen LogP contribution >= 0.6 is 0 Å². The number of methoxy groups -OCH3 is 1. The summed E-state index contributed by atoms with van der Waals surface area (Å²) in [5, 5.41) is 2.94. The lowest BCUT2D eigenvalue weighted by molar-refractivity contribution is -0.139. The van der Waals surface area contributed by atoms with Crippen LogP contribution in [0.15, 0.2) is 18.2 Å². The normalized spacial score (nSPS) is 33.9. The van der Waals surface area contributed by atoms with Crippen LogP contribution in [0.1, 0.15) is 91.2 Å². The predicted molar refractivity (Wildman–Crippen MR) is 172 cm³/mol. The molecule has 1 N–H and O–H groups in total. The number of carbonyl (C=O) groups excluding carboxylic acids is 3. The molecule has 7 rings (SSSR count). The van der Waals surface area contributed by atoms with Crippen LogP contribution in [0, 0.1) is 29.1 Å². The number of hydrogen-bond acceptors (Lipinski definition) is 8. The highest BCUT2D eigenvalue weighted by atomic mass is 16.6. The largest absolute Gasteiger partial charge is 0.497 e. The highest BCUT2D eigenvalue weighted by Gasteiger charge is 2.55. The van der Waals surface area contributed by atoms with Gasteiger partial charge in [-0.3, -0.25) is 4.79 Å². The molecule has 10 heteroatoms. The van der Waals surface area contributed by atoms with Gasteiger partial charge in [0.2, 0.25) is 11.8 Å². The minimum Gasteiger partial charge on any atom is -0.497 e. The summed E-state index contributed by atoms with van der Waals surface area (Å²) in [6.07, 6.45) is 8.65. The molecular formula is C36H48N4O6. The van der Waals surface area contributed by atoms with Crippen LogP contribution in [-0.4, -0.2) is 71.1 Å². The lowest BCUT2D eigenvalue weighted by Gasteiger charge is -2.35. The summed E-state index contributed by atoms with van der Waals surface area (Å²) in [6.45, 7) is 8.00. The number of nitrogens with one attached hydrogen (secondary N) is 1. The van der Waals surface area contributed by atoms with Crippen molar-refractivity contribution in [2.45, 2.75) is 115 Å². The molecule has 5 aliphatic rings. The number of hydrogen-bond donors (Lipinski definition) is 1. The first-order valence-electron chi connectivity index (χ1n) is 17.3. The van der Waals surface area contributed by atoms with Crippen molar-refractivity contribution in [2.24, 2.45) is 29.1 Å². The van der Waals surface area contributed by atoms with Crippen LogP contribution in [0.3, 0.4) is 0 Å². The molecule has 2 amide bonds. The molecule has 46 heavy (non-hydrogen) atoms. The Balaban J connectivity index is 1.28. The number of benzene rings is 1. The number of ether oxygens (including phenoxy) is 3. The minimum atomic E-state index is -0.870. The first-order chi connectivity index (χ1) is 22.0. The molecule has 1 aromatic carbocycles. The maximum absolute atomic E-state index is 14.3. The predicted octanol–water partition coefficient (Wildman–Crippen LogP) is 5.59.